The van der Waals surface area contributed by atoms with Crippen LogP contribution in [0, 0.1) is 0 Å². The van der Waals surface area contributed by atoms with Crippen molar-refractivity contribution in [3.63, 3.8) is 0 Å². The second-order valence-electron chi connectivity index (χ2n) is 4.69. The van der Waals surface area contributed by atoms with Crippen molar-refractivity contribution in [3.05, 3.63) is 48.3 Å². The van der Waals surface area contributed by atoms with Gasteiger partial charge in [0.15, 0.2) is 0 Å². The Morgan fingerprint density at radius 1 is 1.17 bits per heavy atom. The first-order chi connectivity index (χ1) is 11.1. The minimum Gasteiger partial charge on any atom is -0.495 e. The lowest BCUT2D eigenvalue weighted by Gasteiger charge is -2.12. The van der Waals surface area contributed by atoms with Crippen LogP contribution in [0.1, 0.15) is 16.8 Å². The van der Waals surface area contributed by atoms with E-state index in [0.717, 1.165) is 0 Å². The number of aromatic nitrogens is 1. The molecule has 0 fully saturated rings. The minimum absolute atomic E-state index is 0.205. The zero-order valence-corrected chi connectivity index (χ0v) is 12.7. The second-order valence-corrected chi connectivity index (χ2v) is 4.69. The van der Waals surface area contributed by atoms with Gasteiger partial charge in [-0.1, -0.05) is 0 Å². The highest BCUT2D eigenvalue weighted by Crippen LogP contribution is 2.28. The van der Waals surface area contributed by atoms with Gasteiger partial charge in [-0.25, -0.2) is 0 Å². The number of methoxy groups -OCH3 is 1. The summed E-state index contributed by atoms with van der Waals surface area (Å²) in [6, 6.07) is 8.22. The number of carbonyl (C=O) groups excluding carboxylic acids is 2. The summed E-state index contributed by atoms with van der Waals surface area (Å²) in [4.78, 5) is 27.7. The number of pyridine rings is 1. The summed E-state index contributed by atoms with van der Waals surface area (Å²) < 4.78 is 5.20. The average molecular weight is 314 g/mol. The van der Waals surface area contributed by atoms with E-state index >= 15 is 0 Å². The fourth-order valence-corrected chi connectivity index (χ4v) is 1.93. The number of hydrogen-bond donors (Lipinski definition) is 3. The number of amides is 2. The second kappa shape index (κ2) is 7.90. The van der Waals surface area contributed by atoms with Crippen molar-refractivity contribution < 1.29 is 14.3 Å². The van der Waals surface area contributed by atoms with E-state index in [1.165, 1.54) is 7.11 Å². The molecule has 0 saturated carbocycles. The first-order valence-corrected chi connectivity index (χ1v) is 7.03. The molecule has 0 bridgehead atoms. The van der Waals surface area contributed by atoms with E-state index in [9.17, 15) is 9.59 Å². The molecule has 0 saturated heterocycles. The number of carbonyl (C=O) groups is 2. The zero-order chi connectivity index (χ0) is 16.7. The molecule has 7 heteroatoms. The van der Waals surface area contributed by atoms with E-state index in [-0.39, 0.29) is 24.8 Å². The summed E-state index contributed by atoms with van der Waals surface area (Å²) >= 11 is 0. The predicted octanol–water partition coefficient (Wildman–Crippen LogP) is 1.63. The zero-order valence-electron chi connectivity index (χ0n) is 12.7. The molecule has 0 radical (unpaired) electrons. The van der Waals surface area contributed by atoms with Crippen molar-refractivity contribution in [2.24, 2.45) is 5.73 Å². The lowest BCUT2D eigenvalue weighted by Crippen LogP contribution is -2.17. The van der Waals surface area contributed by atoms with Crippen molar-refractivity contribution in [2.45, 2.75) is 6.42 Å². The Morgan fingerprint density at radius 2 is 1.91 bits per heavy atom. The van der Waals surface area contributed by atoms with Crippen LogP contribution < -0.4 is 21.1 Å². The van der Waals surface area contributed by atoms with Crippen LogP contribution in [0.4, 0.5) is 11.4 Å². The van der Waals surface area contributed by atoms with Crippen LogP contribution in [0.25, 0.3) is 0 Å². The van der Waals surface area contributed by atoms with Crippen LogP contribution in [0.3, 0.4) is 0 Å². The van der Waals surface area contributed by atoms with E-state index in [2.05, 4.69) is 15.6 Å². The Kier molecular flexibility index (Phi) is 5.65. The molecule has 1 aromatic heterocycles. The van der Waals surface area contributed by atoms with Gasteiger partial charge in [-0.15, -0.1) is 0 Å². The molecule has 1 aromatic carbocycles. The van der Waals surface area contributed by atoms with Gasteiger partial charge in [0.05, 0.1) is 12.8 Å². The van der Waals surface area contributed by atoms with Crippen molar-refractivity contribution in [2.75, 3.05) is 24.3 Å². The summed E-state index contributed by atoms with van der Waals surface area (Å²) in [5, 5.41) is 5.47. The van der Waals surface area contributed by atoms with Crippen molar-refractivity contribution >= 4 is 23.2 Å². The largest absolute Gasteiger partial charge is 0.495 e. The van der Waals surface area contributed by atoms with Gasteiger partial charge in [-0.2, -0.15) is 0 Å². The molecule has 2 aromatic rings. The van der Waals surface area contributed by atoms with Crippen LogP contribution in [-0.4, -0.2) is 30.5 Å². The van der Waals surface area contributed by atoms with Crippen LogP contribution in [0.5, 0.6) is 5.75 Å². The molecule has 0 aliphatic rings. The van der Waals surface area contributed by atoms with Gasteiger partial charge in [0.1, 0.15) is 5.75 Å². The molecule has 0 aliphatic heterocycles. The van der Waals surface area contributed by atoms with Crippen LogP contribution in [0.15, 0.2) is 42.7 Å². The average Bonchev–Trinajstić information content (AvgIpc) is 2.56. The van der Waals surface area contributed by atoms with Crippen LogP contribution in [-0.2, 0) is 4.79 Å². The number of benzene rings is 1. The molecule has 23 heavy (non-hydrogen) atoms. The maximum Gasteiger partial charge on any atom is 0.255 e. The molecule has 2 amide bonds. The molecular weight excluding hydrogens is 296 g/mol. The number of anilines is 2. The Balaban J connectivity index is 2.16. The summed E-state index contributed by atoms with van der Waals surface area (Å²) in [7, 11) is 1.50. The molecule has 0 aliphatic carbocycles. The van der Waals surface area contributed by atoms with Crippen LogP contribution >= 0.6 is 0 Å². The third-order valence-electron chi connectivity index (χ3n) is 3.05. The molecule has 0 spiro atoms. The summed E-state index contributed by atoms with van der Waals surface area (Å²) in [5.74, 6) is 0.0116. The van der Waals surface area contributed by atoms with E-state index in [0.29, 0.717) is 22.7 Å². The van der Waals surface area contributed by atoms with E-state index in [1.54, 1.807) is 42.7 Å². The fourth-order valence-electron chi connectivity index (χ4n) is 1.93. The fraction of sp³-hybridized carbons (Fsp3) is 0.188. The maximum atomic E-state index is 12.1. The quantitative estimate of drug-likeness (QED) is 0.751. The first kappa shape index (κ1) is 16.4. The first-order valence-electron chi connectivity index (χ1n) is 7.03. The highest BCUT2D eigenvalue weighted by molar-refractivity contribution is 6.04. The van der Waals surface area contributed by atoms with Gasteiger partial charge in [-0.05, 0) is 30.3 Å². The Morgan fingerprint density at radius 3 is 2.57 bits per heavy atom. The number of nitrogens with one attached hydrogen (secondary N) is 2. The van der Waals surface area contributed by atoms with Crippen molar-refractivity contribution in [1.82, 2.24) is 4.98 Å². The van der Waals surface area contributed by atoms with Gasteiger partial charge in [-0.3, -0.25) is 14.6 Å². The van der Waals surface area contributed by atoms with Gasteiger partial charge < -0.3 is 21.1 Å². The van der Waals surface area contributed by atoms with E-state index < -0.39 is 0 Å². The molecular formula is C16H18N4O3. The third kappa shape index (κ3) is 4.52. The summed E-state index contributed by atoms with van der Waals surface area (Å²) in [5.41, 5.74) is 6.86. The normalized spacial score (nSPS) is 10.0. The number of nitrogens with two attached hydrogens (primary N) is 1. The lowest BCUT2D eigenvalue weighted by molar-refractivity contribution is -0.116. The Labute approximate surface area is 133 Å². The smallest absolute Gasteiger partial charge is 0.255 e. The molecule has 2 rings (SSSR count). The molecule has 4 N–H and O–H groups in total. The topological polar surface area (TPSA) is 106 Å². The number of ether oxygens (including phenoxy) is 1. The van der Waals surface area contributed by atoms with E-state index in [4.69, 9.17) is 10.5 Å². The SMILES string of the molecule is COc1ccc(NC(=O)c2ccncc2)cc1NC(=O)CCN. The van der Waals surface area contributed by atoms with Gasteiger partial charge in [0, 0.05) is 36.6 Å². The predicted molar refractivity (Wildman–Crippen MR) is 87.5 cm³/mol. The highest BCUT2D eigenvalue weighted by Gasteiger charge is 2.10. The Bertz CT molecular complexity index is 689. The van der Waals surface area contributed by atoms with Crippen molar-refractivity contribution in [1.29, 1.82) is 0 Å². The number of nitrogens with zero attached hydrogens (tertiary/aromatic N) is 1. The third-order valence-corrected chi connectivity index (χ3v) is 3.05. The lowest BCUT2D eigenvalue weighted by atomic mass is 10.2. The molecule has 120 valence electrons. The van der Waals surface area contributed by atoms with Gasteiger partial charge in [0.25, 0.3) is 5.91 Å². The molecule has 7 nitrogen and oxygen atoms in total. The maximum absolute atomic E-state index is 12.1. The summed E-state index contributed by atoms with van der Waals surface area (Å²) in [6.07, 6.45) is 3.29. The number of rotatable bonds is 6. The summed E-state index contributed by atoms with van der Waals surface area (Å²) in [6.45, 7) is 0.257. The van der Waals surface area contributed by atoms with Gasteiger partial charge >= 0.3 is 0 Å². The molecule has 0 atom stereocenters. The monoisotopic (exact) mass is 314 g/mol. The van der Waals surface area contributed by atoms with Gasteiger partial charge in [0.2, 0.25) is 5.91 Å². The van der Waals surface area contributed by atoms with E-state index in [1.807, 2.05) is 0 Å². The molecule has 0 unspecified atom stereocenters. The molecule has 1 heterocycles. The highest BCUT2D eigenvalue weighted by atomic mass is 16.5. The van der Waals surface area contributed by atoms with Crippen molar-refractivity contribution in [3.8, 4) is 5.75 Å². The number of hydrogen-bond acceptors (Lipinski definition) is 5. The Hall–Kier alpha value is -2.93. The van der Waals surface area contributed by atoms with Crippen LogP contribution in [0.2, 0.25) is 0 Å². The standard InChI is InChI=1S/C16H18N4O3/c1-23-14-3-2-12(10-13(14)20-15(21)4-7-17)19-16(22)11-5-8-18-9-6-11/h2-3,5-6,8-10H,4,7,17H2,1H3,(H,19,22)(H,20,21). The minimum atomic E-state index is -0.267.